The number of carbonyl (C=O) groups excluding carboxylic acids is 2. The molecule has 0 bridgehead atoms. The van der Waals surface area contributed by atoms with Crippen LogP contribution < -0.4 is 10.2 Å². The third-order valence-corrected chi connectivity index (χ3v) is 5.41. The number of rotatable bonds is 1. The van der Waals surface area contributed by atoms with Gasteiger partial charge in [0.15, 0.2) is 0 Å². The van der Waals surface area contributed by atoms with Gasteiger partial charge in [-0.1, -0.05) is 24.3 Å². The van der Waals surface area contributed by atoms with Crippen LogP contribution >= 0.6 is 0 Å². The molecule has 161 valence electrons. The fraction of sp³-hybridized carbons (Fsp3) is 0.143. The van der Waals surface area contributed by atoms with Crippen LogP contribution in [0.15, 0.2) is 60.9 Å². The van der Waals surface area contributed by atoms with E-state index in [0.717, 1.165) is 22.4 Å². The van der Waals surface area contributed by atoms with Crippen molar-refractivity contribution in [3.63, 3.8) is 0 Å². The third-order valence-electron chi connectivity index (χ3n) is 5.41. The fourth-order valence-corrected chi connectivity index (χ4v) is 3.87. The largest absolute Gasteiger partial charge is 0.336 e. The Morgan fingerprint density at radius 2 is 1.36 bits per heavy atom. The van der Waals surface area contributed by atoms with Crippen LogP contribution in [0.5, 0.6) is 0 Å². The van der Waals surface area contributed by atoms with Gasteiger partial charge in [-0.3, -0.25) is 9.59 Å². The molecule has 36 heavy (non-hydrogen) atoms. The Balaban J connectivity index is 0.000000152. The van der Waals surface area contributed by atoms with Crippen molar-refractivity contribution in [2.75, 3.05) is 17.3 Å². The molecule has 1 N–H and O–H groups in total. The van der Waals surface area contributed by atoms with Crippen molar-refractivity contribution in [1.82, 2.24) is 9.13 Å². The van der Waals surface area contributed by atoms with Crippen LogP contribution in [0.1, 0.15) is 0 Å². The van der Waals surface area contributed by atoms with Gasteiger partial charge in [0.2, 0.25) is 11.8 Å². The van der Waals surface area contributed by atoms with E-state index in [0.29, 0.717) is 13.1 Å². The quantitative estimate of drug-likeness (QED) is 0.404. The maximum Gasteiger partial charge on any atom is 0.246 e. The number of nitrogens with one attached hydrogen (secondary N) is 1. The number of likely N-dealkylation sites (N-methyl/N-ethyl adjacent to an activating group) is 1. The zero-order valence-corrected chi connectivity index (χ0v) is 20.0. The number of carbonyl (C=O) groups is 2. The number of amides is 2. The van der Waals surface area contributed by atoms with Crippen molar-refractivity contribution < 1.29 is 9.59 Å². The fourth-order valence-electron chi connectivity index (χ4n) is 3.87. The second kappa shape index (κ2) is 12.3. The molecule has 2 amide bonds. The number of hydrogen-bond donors (Lipinski definition) is 1. The molecule has 2 aliphatic rings. The summed E-state index contributed by atoms with van der Waals surface area (Å²) in [5.74, 6) is 0.192. The predicted octanol–water partition coefficient (Wildman–Crippen LogP) is -0.216. The Hall–Kier alpha value is -2.96. The molecule has 13 radical (unpaired) electrons. The normalized spacial score (nSPS) is 12.8. The maximum absolute atomic E-state index is 11.6. The van der Waals surface area contributed by atoms with Gasteiger partial charge in [-0.2, -0.15) is 0 Å². The number of hydrogen-bond acceptors (Lipinski definition) is 2. The van der Waals surface area contributed by atoms with Crippen molar-refractivity contribution >= 4 is 111 Å². The Bertz CT molecular complexity index is 1350. The van der Waals surface area contributed by atoms with E-state index >= 15 is 0 Å². The lowest BCUT2D eigenvalue weighted by molar-refractivity contribution is -0.119. The Morgan fingerprint density at radius 1 is 0.833 bits per heavy atom. The first-order chi connectivity index (χ1) is 17.1. The summed E-state index contributed by atoms with van der Waals surface area (Å²) < 4.78 is 3.98. The molecule has 0 unspecified atom stereocenters. The number of para-hydroxylation sites is 2. The first-order valence-electron chi connectivity index (χ1n) is 11.2. The SMILES string of the molecule is CN1C(=O)Cn2ccc3cccc1c32.O=C1Cn2ccc3cccc(c32)N1.[B]B([B])[B].[B][B]B([B])[B]. The summed E-state index contributed by atoms with van der Waals surface area (Å²) in [7, 11) is 31.6. The Labute approximate surface area is 221 Å². The molecule has 0 spiro atoms. The Morgan fingerprint density at radius 3 is 1.94 bits per heavy atom. The Kier molecular flexibility index (Phi) is 9.46. The van der Waals surface area contributed by atoms with Gasteiger partial charge in [-0.25, -0.2) is 0 Å². The van der Waals surface area contributed by atoms with Gasteiger partial charge in [0.1, 0.15) is 13.1 Å². The molecular formula is C21H18B9N4O2. The molecule has 2 aromatic carbocycles. The highest BCUT2D eigenvalue weighted by Crippen LogP contribution is 2.30. The van der Waals surface area contributed by atoms with E-state index < -0.39 is 12.8 Å². The number of nitrogens with zero attached hydrogens (tertiary/aromatic N) is 3. The molecule has 6 nitrogen and oxygen atoms in total. The lowest BCUT2D eigenvalue weighted by Crippen LogP contribution is -2.33. The predicted molar refractivity (Wildman–Crippen MR) is 158 cm³/mol. The molecule has 4 aromatic rings. The van der Waals surface area contributed by atoms with E-state index in [-0.39, 0.29) is 11.8 Å². The monoisotopic (exact) mass is 457 g/mol. The molecule has 0 atom stereocenters. The standard InChI is InChI=1S/C11H10N2O.C10H8N2O.B5.B4/c1-12-9-4-2-3-8-5-6-13(11(8)9)7-10(12)14;13-9-6-12-5-4-7-2-1-3-8(11-9)10(7)12;1-4-5(2)3;1-4(2)3/h2-6H,7H2,1H3;1-5H,6H2,(H,11,13);;. The van der Waals surface area contributed by atoms with Crippen LogP contribution in [-0.2, 0) is 22.7 Å². The van der Waals surface area contributed by atoms with Gasteiger partial charge in [-0.05, 0) is 24.3 Å². The third kappa shape index (κ3) is 6.62. The highest BCUT2D eigenvalue weighted by molar-refractivity contribution is 7.60. The summed E-state index contributed by atoms with van der Waals surface area (Å²) in [6.07, 6.45) is 2.79. The first-order valence-corrected chi connectivity index (χ1v) is 11.2. The molecule has 4 heterocycles. The molecule has 2 aromatic heterocycles. The lowest BCUT2D eigenvalue weighted by atomic mass is 8.97. The summed E-state index contributed by atoms with van der Waals surface area (Å²) in [5.41, 5.74) is 4.21. The van der Waals surface area contributed by atoms with Crippen molar-refractivity contribution in [1.29, 1.82) is 0 Å². The van der Waals surface area contributed by atoms with Crippen LogP contribution in [0.4, 0.5) is 11.4 Å². The molecule has 0 fully saturated rings. The number of aromatic nitrogens is 2. The first kappa shape index (κ1) is 27.6. The molecular weight excluding hydrogens is 438 g/mol. The maximum atomic E-state index is 11.6. The van der Waals surface area contributed by atoms with Gasteiger partial charge in [0.05, 0.1) is 22.4 Å². The van der Waals surface area contributed by atoms with E-state index in [1.165, 1.54) is 17.8 Å². The second-order valence-electron chi connectivity index (χ2n) is 8.19. The summed E-state index contributed by atoms with van der Waals surface area (Å²) in [4.78, 5) is 24.6. The van der Waals surface area contributed by atoms with Gasteiger partial charge >= 0.3 is 0 Å². The average Bonchev–Trinajstić information content (AvgIpc) is 3.44. The minimum absolute atomic E-state index is 0.0520. The molecule has 6 rings (SSSR count). The van der Waals surface area contributed by atoms with Crippen LogP contribution in [0, 0.1) is 0 Å². The van der Waals surface area contributed by atoms with E-state index in [4.69, 9.17) is 23.2 Å². The number of anilines is 2. The summed E-state index contributed by atoms with van der Waals surface area (Å²) in [6.45, 7) is 0.886. The van der Waals surface area contributed by atoms with Crippen LogP contribution in [-0.4, -0.2) is 94.2 Å². The van der Waals surface area contributed by atoms with Crippen LogP contribution in [0.2, 0.25) is 0 Å². The van der Waals surface area contributed by atoms with Gasteiger partial charge in [0.25, 0.3) is 0 Å². The van der Waals surface area contributed by atoms with E-state index in [1.807, 2.05) is 71.0 Å². The molecule has 0 saturated carbocycles. The minimum Gasteiger partial charge on any atom is -0.336 e. The summed E-state index contributed by atoms with van der Waals surface area (Å²) >= 11 is 0. The van der Waals surface area contributed by atoms with Crippen LogP contribution in [0.25, 0.3) is 21.8 Å². The molecule has 0 saturated heterocycles. The highest BCUT2D eigenvalue weighted by atomic mass is 16.2. The van der Waals surface area contributed by atoms with Crippen molar-refractivity contribution in [2.24, 2.45) is 0 Å². The van der Waals surface area contributed by atoms with Gasteiger partial charge in [-0.15, -0.1) is 0 Å². The summed E-state index contributed by atoms with van der Waals surface area (Å²) in [6, 6.07) is 16.0. The van der Waals surface area contributed by atoms with E-state index in [1.54, 1.807) is 4.90 Å². The molecule has 15 heteroatoms. The molecule has 2 aliphatic heterocycles. The van der Waals surface area contributed by atoms with Crippen molar-refractivity contribution in [3.8, 4) is 0 Å². The minimum atomic E-state index is -0.667. The van der Waals surface area contributed by atoms with Crippen molar-refractivity contribution in [3.05, 3.63) is 60.9 Å². The van der Waals surface area contributed by atoms with E-state index in [9.17, 15) is 9.59 Å². The second-order valence-corrected chi connectivity index (χ2v) is 8.19. The van der Waals surface area contributed by atoms with Crippen molar-refractivity contribution in [2.45, 2.75) is 13.1 Å². The van der Waals surface area contributed by atoms with Gasteiger partial charge < -0.3 is 19.4 Å². The van der Waals surface area contributed by atoms with Gasteiger partial charge in [0, 0.05) is 96.5 Å². The average molecular weight is 456 g/mol. The summed E-state index contributed by atoms with van der Waals surface area (Å²) in [5, 5.41) is 5.22. The van der Waals surface area contributed by atoms with E-state index in [2.05, 4.69) is 34.6 Å². The smallest absolute Gasteiger partial charge is 0.246 e. The molecule has 0 aliphatic carbocycles. The van der Waals surface area contributed by atoms with Crippen LogP contribution in [0.3, 0.4) is 0 Å². The number of benzene rings is 2. The topological polar surface area (TPSA) is 59.3 Å². The zero-order valence-electron chi connectivity index (χ0n) is 20.0. The zero-order chi connectivity index (χ0) is 26.4. The highest BCUT2D eigenvalue weighted by Gasteiger charge is 2.21. The lowest BCUT2D eigenvalue weighted by Gasteiger charge is -2.24.